The van der Waals surface area contributed by atoms with Crippen molar-refractivity contribution in [1.82, 2.24) is 4.90 Å². The fraction of sp³-hybridized carbons (Fsp3) is 0.524. The summed E-state index contributed by atoms with van der Waals surface area (Å²) in [5.74, 6) is -1.89. The number of hydrogen-bond acceptors (Lipinski definition) is 6. The molecule has 1 amide bonds. The zero-order valence-corrected chi connectivity index (χ0v) is 16.8. The van der Waals surface area contributed by atoms with Crippen molar-refractivity contribution in [2.75, 3.05) is 13.2 Å². The largest absolute Gasteiger partial charge is 0.508 e. The van der Waals surface area contributed by atoms with E-state index in [4.69, 9.17) is 4.74 Å². The molecule has 2 rings (SSSR count). The highest BCUT2D eigenvalue weighted by Gasteiger charge is 2.44. The molecule has 0 saturated heterocycles. The van der Waals surface area contributed by atoms with Crippen LogP contribution in [0.15, 0.2) is 29.5 Å². The highest BCUT2D eigenvalue weighted by atomic mass is 16.5. The Balaban J connectivity index is 2.39. The van der Waals surface area contributed by atoms with Gasteiger partial charge in [0.05, 0.1) is 17.7 Å². The van der Waals surface area contributed by atoms with Crippen LogP contribution in [-0.4, -0.2) is 51.2 Å². The van der Waals surface area contributed by atoms with E-state index in [2.05, 4.69) is 0 Å². The van der Waals surface area contributed by atoms with Crippen molar-refractivity contribution in [3.8, 4) is 11.5 Å². The molecule has 1 aromatic rings. The fourth-order valence-corrected chi connectivity index (χ4v) is 3.29. The summed E-state index contributed by atoms with van der Waals surface area (Å²) in [4.78, 5) is 26.8. The smallest absolute Gasteiger partial charge is 0.290 e. The van der Waals surface area contributed by atoms with Crippen molar-refractivity contribution >= 4 is 11.7 Å². The van der Waals surface area contributed by atoms with Crippen molar-refractivity contribution in [2.45, 2.75) is 52.7 Å². The summed E-state index contributed by atoms with van der Waals surface area (Å²) < 4.78 is 5.51. The van der Waals surface area contributed by atoms with E-state index >= 15 is 0 Å². The maximum atomic E-state index is 12.8. The number of phenols is 2. The van der Waals surface area contributed by atoms with Gasteiger partial charge in [-0.15, -0.1) is 0 Å². The summed E-state index contributed by atoms with van der Waals surface area (Å²) in [6, 6.07) is 3.08. The highest BCUT2D eigenvalue weighted by molar-refractivity contribution is 6.09. The third-order valence-electron chi connectivity index (χ3n) is 4.50. The summed E-state index contributed by atoms with van der Waals surface area (Å²) in [7, 11) is 0. The Morgan fingerprint density at radius 1 is 1.18 bits per heavy atom. The number of aliphatic hydroxyl groups is 1. The molecule has 1 aliphatic rings. The van der Waals surface area contributed by atoms with Crippen LogP contribution in [0.1, 0.15) is 52.1 Å². The lowest BCUT2D eigenvalue weighted by Gasteiger charge is -2.27. The Hall–Kier alpha value is -2.54. The van der Waals surface area contributed by atoms with Crippen LogP contribution in [0.25, 0.3) is 0 Å². The summed E-state index contributed by atoms with van der Waals surface area (Å²) >= 11 is 0. The lowest BCUT2D eigenvalue weighted by molar-refractivity contribution is -0.129. The summed E-state index contributed by atoms with van der Waals surface area (Å²) in [5.41, 5.74) is 0.275. The van der Waals surface area contributed by atoms with Gasteiger partial charge in [-0.05, 0) is 38.3 Å². The Labute approximate surface area is 165 Å². The van der Waals surface area contributed by atoms with Gasteiger partial charge in [0.25, 0.3) is 5.91 Å². The fourth-order valence-electron chi connectivity index (χ4n) is 3.29. The first kappa shape index (κ1) is 21.8. The molecular weight excluding hydrogens is 362 g/mol. The van der Waals surface area contributed by atoms with Gasteiger partial charge in [0.15, 0.2) is 11.5 Å². The van der Waals surface area contributed by atoms with Crippen LogP contribution in [0.5, 0.6) is 11.5 Å². The average molecular weight is 391 g/mol. The molecule has 0 radical (unpaired) electrons. The molecule has 1 aliphatic heterocycles. The molecular formula is C21H29NO6. The van der Waals surface area contributed by atoms with Gasteiger partial charge in [0.2, 0.25) is 0 Å². The van der Waals surface area contributed by atoms with E-state index in [0.29, 0.717) is 13.0 Å². The number of ether oxygens (including phenoxy) is 1. The van der Waals surface area contributed by atoms with E-state index < -0.39 is 17.7 Å². The van der Waals surface area contributed by atoms with E-state index in [0.717, 1.165) is 6.07 Å². The Morgan fingerprint density at radius 3 is 2.43 bits per heavy atom. The molecule has 0 bridgehead atoms. The minimum Gasteiger partial charge on any atom is -0.508 e. The number of Topliss-reactive ketones (excluding diaryl/α,β-unsaturated/α-hetero) is 1. The molecule has 0 aliphatic carbocycles. The number of nitrogens with zero attached hydrogens (tertiary/aromatic N) is 1. The molecule has 7 heteroatoms. The molecule has 7 nitrogen and oxygen atoms in total. The molecule has 0 fully saturated rings. The third kappa shape index (κ3) is 4.84. The number of phenolic OH excluding ortho intramolecular Hbond substituents is 2. The predicted molar refractivity (Wildman–Crippen MR) is 104 cm³/mol. The van der Waals surface area contributed by atoms with Crippen molar-refractivity contribution in [3.05, 3.63) is 35.1 Å². The van der Waals surface area contributed by atoms with Crippen LogP contribution in [0.4, 0.5) is 0 Å². The first-order chi connectivity index (χ1) is 13.1. The summed E-state index contributed by atoms with van der Waals surface area (Å²) in [5, 5.41) is 30.4. The van der Waals surface area contributed by atoms with Crippen LogP contribution in [-0.2, 0) is 14.3 Å². The second-order valence-electron chi connectivity index (χ2n) is 7.70. The molecule has 1 aromatic carbocycles. The van der Waals surface area contributed by atoms with Gasteiger partial charge in [-0.25, -0.2) is 0 Å². The zero-order chi connectivity index (χ0) is 21.0. The molecule has 3 N–H and O–H groups in total. The normalized spacial score (nSPS) is 17.3. The highest BCUT2D eigenvalue weighted by Crippen LogP contribution is 2.42. The first-order valence-corrected chi connectivity index (χ1v) is 9.54. The van der Waals surface area contributed by atoms with Gasteiger partial charge >= 0.3 is 0 Å². The molecule has 28 heavy (non-hydrogen) atoms. The van der Waals surface area contributed by atoms with E-state index in [1.54, 1.807) is 0 Å². The number of hydrogen-bond donors (Lipinski definition) is 3. The third-order valence-corrected chi connectivity index (χ3v) is 4.50. The van der Waals surface area contributed by atoms with E-state index in [1.807, 2.05) is 27.7 Å². The maximum absolute atomic E-state index is 12.8. The molecule has 1 heterocycles. The lowest BCUT2D eigenvalue weighted by atomic mass is 9.91. The second kappa shape index (κ2) is 9.10. The van der Waals surface area contributed by atoms with Gasteiger partial charge in [-0.3, -0.25) is 9.59 Å². The van der Waals surface area contributed by atoms with E-state index in [9.17, 15) is 24.9 Å². The monoisotopic (exact) mass is 391 g/mol. The number of carbonyl (C=O) groups is 2. The predicted octanol–water partition coefficient (Wildman–Crippen LogP) is 3.22. The average Bonchev–Trinajstić information content (AvgIpc) is 2.82. The molecule has 1 unspecified atom stereocenters. The van der Waals surface area contributed by atoms with Crippen LogP contribution in [0.2, 0.25) is 0 Å². The van der Waals surface area contributed by atoms with Crippen LogP contribution in [0, 0.1) is 5.92 Å². The maximum Gasteiger partial charge on any atom is 0.290 e. The minimum atomic E-state index is -0.904. The SMILES string of the molecule is CC(C)CC(=O)C1=C(O)C(=O)N(CCCOC(C)C)C1c1ccc(O)cc1O. The van der Waals surface area contributed by atoms with Gasteiger partial charge < -0.3 is 25.0 Å². The molecule has 154 valence electrons. The molecule has 0 spiro atoms. The van der Waals surface area contributed by atoms with Crippen LogP contribution < -0.4 is 0 Å². The Bertz CT molecular complexity index is 768. The molecule has 0 saturated carbocycles. The number of benzene rings is 1. The molecule has 0 aromatic heterocycles. The number of amides is 1. The number of rotatable bonds is 9. The number of ketones is 1. The van der Waals surface area contributed by atoms with Gasteiger partial charge in [0.1, 0.15) is 11.5 Å². The summed E-state index contributed by atoms with van der Waals surface area (Å²) in [6.07, 6.45) is 0.741. The topological polar surface area (TPSA) is 107 Å². The van der Waals surface area contributed by atoms with E-state index in [1.165, 1.54) is 17.0 Å². The second-order valence-corrected chi connectivity index (χ2v) is 7.70. The number of carbonyl (C=O) groups excluding carboxylic acids is 2. The van der Waals surface area contributed by atoms with Gasteiger partial charge in [0, 0.05) is 31.2 Å². The zero-order valence-electron chi connectivity index (χ0n) is 16.8. The van der Waals surface area contributed by atoms with Crippen LogP contribution in [0.3, 0.4) is 0 Å². The van der Waals surface area contributed by atoms with Crippen molar-refractivity contribution in [1.29, 1.82) is 0 Å². The quantitative estimate of drug-likeness (QED) is 0.558. The van der Waals surface area contributed by atoms with Gasteiger partial charge in [-0.2, -0.15) is 0 Å². The van der Waals surface area contributed by atoms with Crippen molar-refractivity contribution in [2.24, 2.45) is 5.92 Å². The number of aliphatic hydroxyl groups excluding tert-OH is 1. The van der Waals surface area contributed by atoms with Crippen LogP contribution >= 0.6 is 0 Å². The minimum absolute atomic E-state index is 0.00975. The Kier molecular flexibility index (Phi) is 7.07. The van der Waals surface area contributed by atoms with E-state index in [-0.39, 0.29) is 53.4 Å². The number of aromatic hydroxyl groups is 2. The van der Waals surface area contributed by atoms with Crippen molar-refractivity contribution < 1.29 is 29.6 Å². The summed E-state index contributed by atoms with van der Waals surface area (Å²) in [6.45, 7) is 8.24. The first-order valence-electron chi connectivity index (χ1n) is 9.54. The van der Waals surface area contributed by atoms with Crippen molar-refractivity contribution in [3.63, 3.8) is 0 Å². The molecule has 1 atom stereocenters. The van der Waals surface area contributed by atoms with Gasteiger partial charge in [-0.1, -0.05) is 13.8 Å². The lowest BCUT2D eigenvalue weighted by Crippen LogP contribution is -2.33. The Morgan fingerprint density at radius 2 is 1.86 bits per heavy atom. The standard InChI is InChI=1S/C21H29NO6/c1-12(2)10-17(25)18-19(15-7-6-14(23)11-16(15)24)22(21(27)20(18)26)8-5-9-28-13(3)4/h6-7,11-13,19,23-24,26H,5,8-10H2,1-4H3.